The average molecular weight is 242 g/mol. The summed E-state index contributed by atoms with van der Waals surface area (Å²) in [6, 6.07) is 0.412. The number of amides is 1. The van der Waals surface area contributed by atoms with Crippen molar-refractivity contribution in [3.05, 3.63) is 0 Å². The molecule has 1 rings (SSSR count). The third-order valence-electron chi connectivity index (χ3n) is 3.08. The van der Waals surface area contributed by atoms with Crippen molar-refractivity contribution >= 4 is 6.09 Å². The molecule has 0 aromatic carbocycles. The Labute approximate surface area is 104 Å². The first-order valence-corrected chi connectivity index (χ1v) is 6.46. The zero-order chi connectivity index (χ0) is 13.2. The largest absolute Gasteiger partial charge is 0.444 e. The number of hydrogen-bond donors (Lipinski definition) is 1. The first-order chi connectivity index (χ1) is 7.70. The SMILES string of the molecule is CC(C)C1CC(N)CCN1C(=O)OC(C)(C)C. The quantitative estimate of drug-likeness (QED) is 0.768. The summed E-state index contributed by atoms with van der Waals surface area (Å²) in [4.78, 5) is 13.9. The number of hydrogen-bond acceptors (Lipinski definition) is 3. The molecule has 0 spiro atoms. The van der Waals surface area contributed by atoms with Crippen LogP contribution in [0.5, 0.6) is 0 Å². The van der Waals surface area contributed by atoms with Gasteiger partial charge in [0.1, 0.15) is 5.60 Å². The van der Waals surface area contributed by atoms with E-state index in [-0.39, 0.29) is 18.2 Å². The van der Waals surface area contributed by atoms with Gasteiger partial charge >= 0.3 is 6.09 Å². The smallest absolute Gasteiger partial charge is 0.410 e. The first-order valence-electron chi connectivity index (χ1n) is 6.46. The lowest BCUT2D eigenvalue weighted by molar-refractivity contribution is 0.00195. The van der Waals surface area contributed by atoms with Crippen LogP contribution in [0, 0.1) is 5.92 Å². The van der Waals surface area contributed by atoms with E-state index >= 15 is 0 Å². The van der Waals surface area contributed by atoms with Crippen molar-refractivity contribution in [2.75, 3.05) is 6.54 Å². The van der Waals surface area contributed by atoms with Crippen molar-refractivity contribution in [3.63, 3.8) is 0 Å². The summed E-state index contributed by atoms with van der Waals surface area (Å²) >= 11 is 0. The van der Waals surface area contributed by atoms with Crippen LogP contribution in [-0.4, -0.2) is 35.2 Å². The highest BCUT2D eigenvalue weighted by molar-refractivity contribution is 5.68. The molecule has 1 saturated heterocycles. The van der Waals surface area contributed by atoms with E-state index in [0.29, 0.717) is 12.5 Å². The summed E-state index contributed by atoms with van der Waals surface area (Å²) in [6.07, 6.45) is 1.53. The zero-order valence-electron chi connectivity index (χ0n) is 11.7. The Balaban J connectivity index is 2.70. The Morgan fingerprint density at radius 2 is 2.00 bits per heavy atom. The number of nitrogens with two attached hydrogens (primary N) is 1. The van der Waals surface area contributed by atoms with E-state index in [1.54, 1.807) is 0 Å². The van der Waals surface area contributed by atoms with Crippen molar-refractivity contribution < 1.29 is 9.53 Å². The molecule has 1 aliphatic rings. The Morgan fingerprint density at radius 1 is 1.41 bits per heavy atom. The van der Waals surface area contributed by atoms with E-state index in [1.807, 2.05) is 25.7 Å². The molecule has 1 heterocycles. The highest BCUT2D eigenvalue weighted by Crippen LogP contribution is 2.24. The maximum atomic E-state index is 12.1. The number of ether oxygens (including phenoxy) is 1. The number of rotatable bonds is 1. The van der Waals surface area contributed by atoms with E-state index in [1.165, 1.54) is 0 Å². The zero-order valence-corrected chi connectivity index (χ0v) is 11.7. The second-order valence-electron chi connectivity index (χ2n) is 6.27. The molecular formula is C13H26N2O2. The molecule has 1 fully saturated rings. The van der Waals surface area contributed by atoms with Gasteiger partial charge in [0.05, 0.1) is 0 Å². The summed E-state index contributed by atoms with van der Waals surface area (Å²) < 4.78 is 5.44. The van der Waals surface area contributed by atoms with Gasteiger partial charge in [0.25, 0.3) is 0 Å². The molecule has 0 aromatic heterocycles. The monoisotopic (exact) mass is 242 g/mol. The number of nitrogens with zero attached hydrogens (tertiary/aromatic N) is 1. The highest BCUT2D eigenvalue weighted by atomic mass is 16.6. The van der Waals surface area contributed by atoms with Gasteiger partial charge in [-0.05, 0) is 39.5 Å². The summed E-state index contributed by atoms with van der Waals surface area (Å²) in [5.74, 6) is 0.411. The van der Waals surface area contributed by atoms with Crippen LogP contribution in [0.15, 0.2) is 0 Å². The molecule has 4 nitrogen and oxygen atoms in total. The Hall–Kier alpha value is -0.770. The maximum absolute atomic E-state index is 12.1. The minimum atomic E-state index is -0.432. The molecule has 17 heavy (non-hydrogen) atoms. The van der Waals surface area contributed by atoms with Gasteiger partial charge in [0.2, 0.25) is 0 Å². The minimum Gasteiger partial charge on any atom is -0.444 e. The number of piperidine rings is 1. The number of likely N-dealkylation sites (tertiary alicyclic amines) is 1. The van der Waals surface area contributed by atoms with Crippen molar-refractivity contribution in [3.8, 4) is 0 Å². The van der Waals surface area contributed by atoms with Gasteiger partial charge in [0.15, 0.2) is 0 Å². The predicted molar refractivity (Wildman–Crippen MR) is 68.8 cm³/mol. The summed E-state index contributed by atoms with van der Waals surface area (Å²) in [6.45, 7) is 10.6. The fourth-order valence-electron chi connectivity index (χ4n) is 2.21. The molecular weight excluding hydrogens is 216 g/mol. The summed E-state index contributed by atoms with van der Waals surface area (Å²) in [7, 11) is 0. The lowest BCUT2D eigenvalue weighted by atomic mass is 9.90. The Bertz CT molecular complexity index is 271. The van der Waals surface area contributed by atoms with Gasteiger partial charge in [-0.3, -0.25) is 0 Å². The van der Waals surface area contributed by atoms with Gasteiger partial charge < -0.3 is 15.4 Å². The fourth-order valence-corrected chi connectivity index (χ4v) is 2.21. The standard InChI is InChI=1S/C13H26N2O2/c1-9(2)11-8-10(14)6-7-15(11)12(16)17-13(3,4)5/h9-11H,6-8,14H2,1-5H3. The van der Waals surface area contributed by atoms with Crippen molar-refractivity contribution in [2.24, 2.45) is 11.7 Å². The van der Waals surface area contributed by atoms with Crippen LogP contribution in [0.1, 0.15) is 47.5 Å². The van der Waals surface area contributed by atoms with Crippen molar-refractivity contribution in [2.45, 2.75) is 65.1 Å². The third kappa shape index (κ3) is 4.19. The molecule has 100 valence electrons. The molecule has 1 amide bonds. The van der Waals surface area contributed by atoms with Crippen LogP contribution in [-0.2, 0) is 4.74 Å². The molecule has 0 aromatic rings. The molecule has 1 aliphatic heterocycles. The number of carbonyl (C=O) groups excluding carboxylic acids is 1. The molecule has 0 saturated carbocycles. The van der Waals surface area contributed by atoms with E-state index in [4.69, 9.17) is 10.5 Å². The van der Waals surface area contributed by atoms with Gasteiger partial charge in [0, 0.05) is 18.6 Å². The van der Waals surface area contributed by atoms with Crippen LogP contribution < -0.4 is 5.73 Å². The second kappa shape index (κ2) is 5.25. The molecule has 0 bridgehead atoms. The molecule has 2 N–H and O–H groups in total. The lowest BCUT2D eigenvalue weighted by Gasteiger charge is -2.41. The van der Waals surface area contributed by atoms with Crippen molar-refractivity contribution in [1.29, 1.82) is 0 Å². The third-order valence-corrected chi connectivity index (χ3v) is 3.08. The molecule has 0 radical (unpaired) electrons. The average Bonchev–Trinajstić information content (AvgIpc) is 2.14. The van der Waals surface area contributed by atoms with E-state index in [2.05, 4.69) is 13.8 Å². The first kappa shape index (κ1) is 14.3. The minimum absolute atomic E-state index is 0.202. The van der Waals surface area contributed by atoms with Gasteiger partial charge in [-0.15, -0.1) is 0 Å². The fraction of sp³-hybridized carbons (Fsp3) is 0.923. The van der Waals surface area contributed by atoms with Crippen LogP contribution in [0.2, 0.25) is 0 Å². The Kier molecular flexibility index (Phi) is 4.42. The molecule has 4 heteroatoms. The van der Waals surface area contributed by atoms with Crippen LogP contribution >= 0.6 is 0 Å². The van der Waals surface area contributed by atoms with Gasteiger partial charge in [-0.1, -0.05) is 13.8 Å². The molecule has 2 unspecified atom stereocenters. The van der Waals surface area contributed by atoms with Crippen LogP contribution in [0.3, 0.4) is 0 Å². The second-order valence-corrected chi connectivity index (χ2v) is 6.27. The topological polar surface area (TPSA) is 55.6 Å². The molecule has 0 aliphatic carbocycles. The summed E-state index contributed by atoms with van der Waals surface area (Å²) in [5, 5.41) is 0. The Morgan fingerprint density at radius 3 is 2.47 bits per heavy atom. The number of carbonyl (C=O) groups is 1. The van der Waals surface area contributed by atoms with Gasteiger partial charge in [-0.2, -0.15) is 0 Å². The van der Waals surface area contributed by atoms with Crippen molar-refractivity contribution in [1.82, 2.24) is 4.90 Å². The molecule has 2 atom stereocenters. The summed E-state index contributed by atoms with van der Waals surface area (Å²) in [5.41, 5.74) is 5.54. The predicted octanol–water partition coefficient (Wildman–Crippen LogP) is 2.37. The maximum Gasteiger partial charge on any atom is 0.410 e. The van der Waals surface area contributed by atoms with Gasteiger partial charge in [-0.25, -0.2) is 4.79 Å². The normalized spacial score (nSPS) is 26.2. The van der Waals surface area contributed by atoms with E-state index < -0.39 is 5.60 Å². The van der Waals surface area contributed by atoms with Crippen LogP contribution in [0.25, 0.3) is 0 Å². The van der Waals surface area contributed by atoms with E-state index in [0.717, 1.165) is 12.8 Å². The lowest BCUT2D eigenvalue weighted by Crippen LogP contribution is -2.53. The van der Waals surface area contributed by atoms with E-state index in [9.17, 15) is 4.79 Å². The highest BCUT2D eigenvalue weighted by Gasteiger charge is 2.34. The van der Waals surface area contributed by atoms with Crippen LogP contribution in [0.4, 0.5) is 4.79 Å².